The fourth-order valence-corrected chi connectivity index (χ4v) is 0. The molecule has 4 N–H and O–H groups in total. The average Bonchev–Trinajstić information content (AvgIpc) is 0.722. The van der Waals surface area contributed by atoms with Crippen molar-refractivity contribution in [2.24, 2.45) is 11.5 Å². The second-order valence-electron chi connectivity index (χ2n) is 1.15. The molecule has 0 aromatic carbocycles. The van der Waals surface area contributed by atoms with E-state index in [2.05, 4.69) is 11.5 Å². The maximum Gasteiger partial charge on any atom is 0.207 e. The molecule has 6 heavy (non-hydrogen) atoms. The average molecular weight is 98.1 g/mol. The number of rotatable bonds is 0. The third-order valence-corrected chi connectivity index (χ3v) is 0. The Hall–Kier alpha value is -0.220. The summed E-state index contributed by atoms with van der Waals surface area (Å²) in [6.07, 6.45) is 0. The minimum Gasteiger partial charge on any atom is -0.287 e. The minimum absolute atomic E-state index is 0. The first-order chi connectivity index (χ1) is 2.00. The highest BCUT2D eigenvalue weighted by Crippen LogP contribution is 1.82. The van der Waals surface area contributed by atoms with Crippen molar-refractivity contribution in [1.29, 1.82) is 0 Å². The molecule has 0 saturated carbocycles. The first kappa shape index (κ1) is 9.24. The summed E-state index contributed by atoms with van der Waals surface area (Å²) in [4.78, 5) is 0. The molecular weight excluding hydrogens is 90.0 g/mol. The topological polar surface area (TPSA) is 52.0 Å². The van der Waals surface area contributed by atoms with Crippen LogP contribution in [0.25, 0.3) is 0 Å². The molecule has 4 heteroatoms. The van der Waals surface area contributed by atoms with Crippen LogP contribution in [0.2, 0.25) is 0 Å². The van der Waals surface area contributed by atoms with Gasteiger partial charge in [-0.3, -0.25) is 16.2 Å². The molecule has 0 aliphatic heterocycles. The van der Waals surface area contributed by atoms with Crippen LogP contribution >= 0.6 is 0 Å². The fourth-order valence-electron chi connectivity index (χ4n) is 0. The van der Waals surface area contributed by atoms with E-state index in [1.54, 1.807) is 0 Å². The van der Waals surface area contributed by atoms with Crippen molar-refractivity contribution in [2.45, 2.75) is 12.8 Å². The number of nitrogens with two attached hydrogens (primary N) is 2. The molecule has 0 aliphatic rings. The van der Waals surface area contributed by atoms with Crippen molar-refractivity contribution in [2.75, 3.05) is 0 Å². The van der Waals surface area contributed by atoms with Crippen molar-refractivity contribution in [1.82, 2.24) is 0 Å². The Morgan fingerprint density at radius 2 is 1.50 bits per heavy atom. The van der Waals surface area contributed by atoms with E-state index in [0.717, 1.165) is 6.92 Å². The van der Waals surface area contributed by atoms with Crippen molar-refractivity contribution in [3.63, 3.8) is 0 Å². The Balaban J connectivity index is 0. The lowest BCUT2D eigenvalue weighted by Gasteiger charge is -2.01. The zero-order chi connectivity index (χ0) is 4.50. The van der Waals surface area contributed by atoms with Gasteiger partial charge in [0, 0.05) is 0 Å². The van der Waals surface area contributed by atoms with Crippen LogP contribution < -0.4 is 11.5 Å². The minimum atomic E-state index is -2.00. The van der Waals surface area contributed by atoms with Crippen LogP contribution in [0.15, 0.2) is 0 Å². The zero-order valence-corrected chi connectivity index (χ0v) is 3.44. The van der Waals surface area contributed by atoms with Crippen LogP contribution in [-0.2, 0) is 0 Å². The third kappa shape index (κ3) is 604. The van der Waals surface area contributed by atoms with E-state index in [0.29, 0.717) is 0 Å². The number of alkyl halides is 1. The van der Waals surface area contributed by atoms with E-state index in [1.165, 1.54) is 0 Å². The van der Waals surface area contributed by atoms with Gasteiger partial charge in [-0.2, -0.15) is 0 Å². The van der Waals surface area contributed by atoms with Gasteiger partial charge < -0.3 is 0 Å². The van der Waals surface area contributed by atoms with Gasteiger partial charge in [-0.25, -0.2) is 4.39 Å². The van der Waals surface area contributed by atoms with E-state index >= 15 is 0 Å². The van der Waals surface area contributed by atoms with Gasteiger partial charge in [0.1, 0.15) is 0 Å². The highest BCUT2D eigenvalue weighted by atomic mass is 19.1. The summed E-state index contributed by atoms with van der Waals surface area (Å²) in [7, 11) is 0. The summed E-state index contributed by atoms with van der Waals surface area (Å²) in [5, 5.41) is 0. The molecular formula is C2H8F2N2. The van der Waals surface area contributed by atoms with E-state index in [-0.39, 0.29) is 4.70 Å². The molecule has 0 aliphatic carbocycles. The summed E-state index contributed by atoms with van der Waals surface area (Å²) in [6.45, 7) is 1.08. The van der Waals surface area contributed by atoms with Crippen molar-refractivity contribution in [3.8, 4) is 0 Å². The molecule has 0 bridgehead atoms. The molecule has 40 valence electrons. The zero-order valence-electron chi connectivity index (χ0n) is 3.44. The lowest BCUT2D eigenvalue weighted by Crippen LogP contribution is -2.40. The van der Waals surface area contributed by atoms with E-state index in [1.807, 2.05) is 0 Å². The SMILES string of the molecule is CC(N)(N)F.F. The normalized spacial score (nSPS) is 10.0. The van der Waals surface area contributed by atoms with Gasteiger partial charge >= 0.3 is 0 Å². The fraction of sp³-hybridized carbons (Fsp3) is 1.00. The number of halogens is 2. The summed E-state index contributed by atoms with van der Waals surface area (Å²) in [6, 6.07) is 0. The Kier molecular flexibility index (Phi) is 3.15. The summed E-state index contributed by atoms with van der Waals surface area (Å²) in [5.41, 5.74) is 8.93. The van der Waals surface area contributed by atoms with Crippen LogP contribution in [0.1, 0.15) is 6.92 Å². The molecule has 0 spiro atoms. The highest BCUT2D eigenvalue weighted by molar-refractivity contribution is 4.46. The van der Waals surface area contributed by atoms with E-state index in [9.17, 15) is 4.39 Å². The number of hydrogen-bond acceptors (Lipinski definition) is 2. The van der Waals surface area contributed by atoms with Gasteiger partial charge in [-0.15, -0.1) is 0 Å². The second kappa shape index (κ2) is 2.04. The van der Waals surface area contributed by atoms with Crippen LogP contribution in [0.4, 0.5) is 9.09 Å². The van der Waals surface area contributed by atoms with Crippen LogP contribution in [0, 0.1) is 0 Å². The van der Waals surface area contributed by atoms with E-state index in [4.69, 9.17) is 0 Å². The third-order valence-electron chi connectivity index (χ3n) is 0. The first-order valence-corrected chi connectivity index (χ1v) is 1.27. The maximum atomic E-state index is 11.2. The molecule has 0 aromatic heterocycles. The van der Waals surface area contributed by atoms with Crippen LogP contribution in [0.5, 0.6) is 0 Å². The summed E-state index contributed by atoms with van der Waals surface area (Å²) < 4.78 is 11.2. The second-order valence-corrected chi connectivity index (χ2v) is 1.15. The lowest BCUT2D eigenvalue weighted by molar-refractivity contribution is 0.210. The molecule has 0 fully saturated rings. The van der Waals surface area contributed by atoms with Gasteiger partial charge in [-0.1, -0.05) is 0 Å². The number of hydrogen-bond donors (Lipinski definition) is 2. The largest absolute Gasteiger partial charge is 0.287 e. The van der Waals surface area contributed by atoms with Crippen LogP contribution in [-0.4, -0.2) is 5.92 Å². The summed E-state index contributed by atoms with van der Waals surface area (Å²) >= 11 is 0. The standard InChI is InChI=1S/C2H7FN2.FH/c1-2(3,4)5;/h4-5H2,1H3;1H. The lowest BCUT2D eigenvalue weighted by atomic mass is 10.6. The maximum absolute atomic E-state index is 11.2. The van der Waals surface area contributed by atoms with Gasteiger partial charge in [-0.05, 0) is 6.92 Å². The molecule has 0 radical (unpaired) electrons. The smallest absolute Gasteiger partial charge is 0.207 e. The Labute approximate surface area is 34.7 Å². The molecule has 0 unspecified atom stereocenters. The van der Waals surface area contributed by atoms with Gasteiger partial charge in [0.25, 0.3) is 0 Å². The van der Waals surface area contributed by atoms with Crippen molar-refractivity contribution < 1.29 is 9.09 Å². The Morgan fingerprint density at radius 3 is 1.50 bits per heavy atom. The van der Waals surface area contributed by atoms with E-state index < -0.39 is 5.92 Å². The van der Waals surface area contributed by atoms with Crippen molar-refractivity contribution >= 4 is 0 Å². The highest BCUT2D eigenvalue weighted by Gasteiger charge is 2.02. The van der Waals surface area contributed by atoms with Gasteiger partial charge in [0.15, 0.2) is 0 Å². The van der Waals surface area contributed by atoms with Gasteiger partial charge in [0.2, 0.25) is 5.92 Å². The molecule has 0 amide bonds. The van der Waals surface area contributed by atoms with Gasteiger partial charge in [0.05, 0.1) is 0 Å². The predicted octanol–water partition coefficient (Wildman–Crippen LogP) is -0.300. The monoisotopic (exact) mass is 98.1 g/mol. The van der Waals surface area contributed by atoms with Crippen molar-refractivity contribution in [3.05, 3.63) is 0 Å². The molecule has 0 heterocycles. The molecule has 2 nitrogen and oxygen atoms in total. The quantitative estimate of drug-likeness (QED) is 0.323. The Morgan fingerprint density at radius 1 is 1.50 bits per heavy atom. The van der Waals surface area contributed by atoms with Crippen LogP contribution in [0.3, 0.4) is 0 Å². The summed E-state index contributed by atoms with van der Waals surface area (Å²) in [5.74, 6) is -2.00. The first-order valence-electron chi connectivity index (χ1n) is 1.27. The molecule has 0 saturated heterocycles. The molecule has 0 atom stereocenters. The molecule has 0 rings (SSSR count). The molecule has 0 aromatic rings. The predicted molar refractivity (Wildman–Crippen MR) is 20.4 cm³/mol. The Bertz CT molecular complexity index is 25.0.